The molecule has 0 aliphatic heterocycles. The van der Waals surface area contributed by atoms with Crippen molar-refractivity contribution in [3.63, 3.8) is 0 Å². The Morgan fingerprint density at radius 1 is 0.969 bits per heavy atom. The summed E-state index contributed by atoms with van der Waals surface area (Å²) in [5, 5.41) is 2.82. The third-order valence-corrected chi connectivity index (χ3v) is 4.95. The summed E-state index contributed by atoms with van der Waals surface area (Å²) in [5.74, 6) is -1.24. The maximum atomic E-state index is 13.2. The molecule has 4 rings (SSSR count). The van der Waals surface area contributed by atoms with Crippen molar-refractivity contribution >= 4 is 23.2 Å². The van der Waals surface area contributed by atoms with Gasteiger partial charge in [-0.15, -0.1) is 0 Å². The normalized spacial score (nSPS) is 10.7. The zero-order valence-electron chi connectivity index (χ0n) is 17.4. The van der Waals surface area contributed by atoms with Crippen LogP contribution in [0.4, 0.5) is 0 Å². The van der Waals surface area contributed by atoms with E-state index < -0.39 is 5.97 Å². The van der Waals surface area contributed by atoms with E-state index in [1.807, 2.05) is 12.1 Å². The highest BCUT2D eigenvalue weighted by Crippen LogP contribution is 2.24. The van der Waals surface area contributed by atoms with E-state index in [0.29, 0.717) is 16.8 Å². The fourth-order valence-corrected chi connectivity index (χ4v) is 3.49. The SMILES string of the molecule is CCOC(=O)c1cc(C(=O)c2ccccc2)n2cccc(C(=O)NCc3ccccn3)c12. The van der Waals surface area contributed by atoms with Crippen LogP contribution in [0.25, 0.3) is 5.52 Å². The first kappa shape index (κ1) is 21.0. The molecule has 0 fully saturated rings. The minimum absolute atomic E-state index is 0.162. The number of carbonyl (C=O) groups excluding carboxylic acids is 3. The maximum Gasteiger partial charge on any atom is 0.340 e. The van der Waals surface area contributed by atoms with Crippen LogP contribution >= 0.6 is 0 Å². The van der Waals surface area contributed by atoms with Gasteiger partial charge in [-0.3, -0.25) is 14.6 Å². The molecule has 0 saturated heterocycles. The van der Waals surface area contributed by atoms with Crippen molar-refractivity contribution < 1.29 is 19.1 Å². The van der Waals surface area contributed by atoms with Crippen LogP contribution in [0.15, 0.2) is 79.1 Å². The Morgan fingerprint density at radius 2 is 1.75 bits per heavy atom. The minimum Gasteiger partial charge on any atom is -0.462 e. The molecule has 0 saturated carbocycles. The van der Waals surface area contributed by atoms with Gasteiger partial charge in [0.15, 0.2) is 0 Å². The summed E-state index contributed by atoms with van der Waals surface area (Å²) in [6.45, 7) is 2.10. The van der Waals surface area contributed by atoms with Gasteiger partial charge in [0.05, 0.1) is 41.2 Å². The molecular formula is C25H21N3O4. The smallest absolute Gasteiger partial charge is 0.340 e. The number of benzene rings is 1. The number of fused-ring (bicyclic) bond motifs is 1. The van der Waals surface area contributed by atoms with E-state index in [-0.39, 0.29) is 41.7 Å². The Kier molecular flexibility index (Phi) is 6.07. The van der Waals surface area contributed by atoms with Crippen molar-refractivity contribution in [2.24, 2.45) is 0 Å². The van der Waals surface area contributed by atoms with Crippen LogP contribution in [0.5, 0.6) is 0 Å². The first-order valence-corrected chi connectivity index (χ1v) is 10.2. The number of esters is 1. The van der Waals surface area contributed by atoms with Crippen molar-refractivity contribution in [2.45, 2.75) is 13.5 Å². The monoisotopic (exact) mass is 427 g/mol. The van der Waals surface area contributed by atoms with Crippen LogP contribution in [-0.4, -0.2) is 33.7 Å². The molecule has 0 bridgehead atoms. The van der Waals surface area contributed by atoms with Gasteiger partial charge in [-0.05, 0) is 37.3 Å². The molecule has 1 N–H and O–H groups in total. The molecule has 0 spiro atoms. The largest absolute Gasteiger partial charge is 0.462 e. The minimum atomic E-state index is -0.595. The van der Waals surface area contributed by atoms with Crippen LogP contribution in [0.1, 0.15) is 49.4 Å². The molecule has 32 heavy (non-hydrogen) atoms. The van der Waals surface area contributed by atoms with Crippen LogP contribution in [-0.2, 0) is 11.3 Å². The Bertz CT molecular complexity index is 1280. The molecule has 0 radical (unpaired) electrons. The summed E-state index contributed by atoms with van der Waals surface area (Å²) in [6, 6.07) is 19.0. The van der Waals surface area contributed by atoms with Gasteiger partial charge in [0.2, 0.25) is 5.78 Å². The Morgan fingerprint density at radius 3 is 2.47 bits per heavy atom. The Balaban J connectivity index is 1.78. The second-order valence-corrected chi connectivity index (χ2v) is 7.00. The lowest BCUT2D eigenvalue weighted by Gasteiger charge is -2.09. The zero-order valence-corrected chi connectivity index (χ0v) is 17.4. The molecule has 7 nitrogen and oxygen atoms in total. The van der Waals surface area contributed by atoms with Crippen molar-refractivity contribution in [1.29, 1.82) is 0 Å². The molecule has 0 aliphatic rings. The van der Waals surface area contributed by atoms with E-state index >= 15 is 0 Å². The number of ketones is 1. The number of hydrogen-bond acceptors (Lipinski definition) is 5. The first-order chi connectivity index (χ1) is 15.6. The summed E-state index contributed by atoms with van der Waals surface area (Å²) in [5.41, 5.74) is 2.20. The highest BCUT2D eigenvalue weighted by Gasteiger charge is 2.25. The molecular weight excluding hydrogens is 406 g/mol. The van der Waals surface area contributed by atoms with E-state index in [1.165, 1.54) is 6.07 Å². The number of pyridine rings is 2. The highest BCUT2D eigenvalue weighted by atomic mass is 16.5. The predicted molar refractivity (Wildman–Crippen MR) is 119 cm³/mol. The van der Waals surface area contributed by atoms with E-state index in [0.717, 1.165) is 0 Å². The molecule has 160 valence electrons. The van der Waals surface area contributed by atoms with Crippen molar-refractivity contribution in [1.82, 2.24) is 14.7 Å². The number of rotatable bonds is 7. The highest BCUT2D eigenvalue weighted by molar-refractivity contribution is 6.14. The lowest BCUT2D eigenvalue weighted by atomic mass is 10.1. The summed E-state index contributed by atoms with van der Waals surface area (Å²) >= 11 is 0. The second kappa shape index (κ2) is 9.26. The van der Waals surface area contributed by atoms with Gasteiger partial charge in [-0.2, -0.15) is 0 Å². The average Bonchev–Trinajstić information content (AvgIpc) is 3.23. The summed E-state index contributed by atoms with van der Waals surface area (Å²) in [6.07, 6.45) is 3.30. The van der Waals surface area contributed by atoms with Gasteiger partial charge < -0.3 is 14.5 Å². The summed E-state index contributed by atoms with van der Waals surface area (Å²) in [4.78, 5) is 43.1. The van der Waals surface area contributed by atoms with Gasteiger partial charge in [0.1, 0.15) is 0 Å². The summed E-state index contributed by atoms with van der Waals surface area (Å²) in [7, 11) is 0. The fraction of sp³-hybridized carbons (Fsp3) is 0.120. The molecule has 1 aromatic carbocycles. The standard InChI is InChI=1S/C25H21N3O4/c1-2-32-25(31)20-15-21(23(29)17-9-4-3-5-10-17)28-14-8-12-19(22(20)28)24(30)27-16-18-11-6-7-13-26-18/h3-15H,2,16H2,1H3,(H,27,30). The molecule has 0 atom stereocenters. The van der Waals surface area contributed by atoms with Gasteiger partial charge >= 0.3 is 5.97 Å². The third-order valence-electron chi connectivity index (χ3n) is 4.95. The van der Waals surface area contributed by atoms with E-state index in [4.69, 9.17) is 4.74 Å². The summed E-state index contributed by atoms with van der Waals surface area (Å²) < 4.78 is 6.76. The number of ether oxygens (including phenoxy) is 1. The van der Waals surface area contributed by atoms with Crippen molar-refractivity contribution in [3.05, 3.63) is 107 Å². The molecule has 3 heterocycles. The molecule has 7 heteroatoms. The van der Waals surface area contributed by atoms with Crippen LogP contribution in [0.2, 0.25) is 0 Å². The Labute approximate surface area is 184 Å². The number of nitrogens with zero attached hydrogens (tertiary/aromatic N) is 2. The van der Waals surface area contributed by atoms with Crippen molar-refractivity contribution in [3.8, 4) is 0 Å². The van der Waals surface area contributed by atoms with Crippen LogP contribution in [0.3, 0.4) is 0 Å². The zero-order chi connectivity index (χ0) is 22.5. The third kappa shape index (κ3) is 4.13. The van der Waals surface area contributed by atoms with Gasteiger partial charge in [0.25, 0.3) is 5.91 Å². The maximum absolute atomic E-state index is 13.2. The number of amides is 1. The quantitative estimate of drug-likeness (QED) is 0.359. The van der Waals surface area contributed by atoms with E-state index in [9.17, 15) is 14.4 Å². The molecule has 1 amide bonds. The first-order valence-electron chi connectivity index (χ1n) is 10.2. The lowest BCUT2D eigenvalue weighted by molar-refractivity contribution is 0.0528. The number of carbonyl (C=O) groups is 3. The number of nitrogens with one attached hydrogen (secondary N) is 1. The van der Waals surface area contributed by atoms with Crippen molar-refractivity contribution in [2.75, 3.05) is 6.61 Å². The topological polar surface area (TPSA) is 89.8 Å². The number of hydrogen-bond donors (Lipinski definition) is 1. The van der Waals surface area contributed by atoms with Crippen LogP contribution < -0.4 is 5.32 Å². The van der Waals surface area contributed by atoms with Gasteiger partial charge in [0, 0.05) is 18.0 Å². The van der Waals surface area contributed by atoms with Gasteiger partial charge in [-0.25, -0.2) is 4.79 Å². The predicted octanol–water partition coefficient (Wildman–Crippen LogP) is 3.67. The molecule has 0 aliphatic carbocycles. The fourth-order valence-electron chi connectivity index (χ4n) is 3.49. The second-order valence-electron chi connectivity index (χ2n) is 7.00. The number of aromatic nitrogens is 2. The lowest BCUT2D eigenvalue weighted by Crippen LogP contribution is -2.24. The van der Waals surface area contributed by atoms with Gasteiger partial charge in [-0.1, -0.05) is 36.4 Å². The Hall–Kier alpha value is -4.26. The average molecular weight is 427 g/mol. The van der Waals surface area contributed by atoms with E-state index in [1.54, 1.807) is 72.2 Å². The van der Waals surface area contributed by atoms with Crippen LogP contribution in [0, 0.1) is 0 Å². The molecule has 4 aromatic rings. The van der Waals surface area contributed by atoms with E-state index in [2.05, 4.69) is 10.3 Å². The molecule has 0 unspecified atom stereocenters. The molecule has 3 aromatic heterocycles.